The number of nitrogens with one attached hydrogen (secondary N) is 3. The predicted octanol–water partition coefficient (Wildman–Crippen LogP) is 8.02. The van der Waals surface area contributed by atoms with E-state index in [2.05, 4.69) is 29.8 Å². The molecule has 82 heavy (non-hydrogen) atoms. The second-order valence-electron chi connectivity index (χ2n) is 19.3. The summed E-state index contributed by atoms with van der Waals surface area (Å²) in [6.45, 7) is 6.72. The molecule has 0 unspecified atom stereocenters. The third-order valence-corrected chi connectivity index (χ3v) is 14.6. The molecule has 7 aromatic rings. The summed E-state index contributed by atoms with van der Waals surface area (Å²) in [5, 5.41) is 39.3. The molecular weight excluding hydrogens is 1160 g/mol. The number of sulfonamides is 2. The van der Waals surface area contributed by atoms with Gasteiger partial charge < -0.3 is 35.2 Å². The second kappa shape index (κ2) is 29.4. The number of halogens is 3. The van der Waals surface area contributed by atoms with Gasteiger partial charge in [0.2, 0.25) is 20.0 Å². The van der Waals surface area contributed by atoms with E-state index < -0.39 is 26.0 Å². The van der Waals surface area contributed by atoms with Crippen LogP contribution in [0.3, 0.4) is 0 Å². The molecule has 23 nitrogen and oxygen atoms in total. The Bertz CT molecular complexity index is 3570. The number of nitrogens with zero attached hydrogens (tertiary/aromatic N) is 9. The van der Waals surface area contributed by atoms with Crippen molar-refractivity contribution in [3.8, 4) is 0 Å². The molecule has 6 heterocycles. The van der Waals surface area contributed by atoms with Crippen molar-refractivity contribution in [1.82, 2.24) is 44.3 Å². The number of aryl methyl sites for hydroxylation is 2. The van der Waals surface area contributed by atoms with Gasteiger partial charge in [-0.1, -0.05) is 65.1 Å². The summed E-state index contributed by atoms with van der Waals surface area (Å²) < 4.78 is 59.2. The second-order valence-corrected chi connectivity index (χ2v) is 24.1. The lowest BCUT2D eigenvalue weighted by molar-refractivity contribution is 0.0605. The van der Waals surface area contributed by atoms with Crippen molar-refractivity contribution in [2.75, 3.05) is 80.3 Å². The Morgan fingerprint density at radius 2 is 1.22 bits per heavy atom. The number of rotatable bonds is 15. The summed E-state index contributed by atoms with van der Waals surface area (Å²) in [5.74, 6) is -0.834. The summed E-state index contributed by atoms with van der Waals surface area (Å²) >= 11 is 17.8. The molecule has 2 amide bonds. The van der Waals surface area contributed by atoms with E-state index in [1.165, 1.54) is 30.3 Å². The molecule has 2 aliphatic heterocycles. The van der Waals surface area contributed by atoms with Gasteiger partial charge in [0.1, 0.15) is 17.6 Å². The lowest BCUT2D eigenvalue weighted by Gasteiger charge is -2.35. The number of likely N-dealkylation sites (N-methyl/N-ethyl adjacent to an activating group) is 2. The normalized spacial score (nSPS) is 15.3. The van der Waals surface area contributed by atoms with Crippen LogP contribution < -0.4 is 19.7 Å². The van der Waals surface area contributed by atoms with E-state index in [1.807, 2.05) is 74.3 Å². The highest BCUT2D eigenvalue weighted by Gasteiger charge is 2.34. The summed E-state index contributed by atoms with van der Waals surface area (Å²) in [6.07, 6.45) is 7.04. The zero-order chi connectivity index (χ0) is 59.9. The third-order valence-electron chi connectivity index (χ3n) is 12.8. The third kappa shape index (κ3) is 18.1. The van der Waals surface area contributed by atoms with Crippen LogP contribution in [0.15, 0.2) is 91.0 Å². The topological polar surface area (TPSA) is 296 Å². The van der Waals surface area contributed by atoms with E-state index in [1.54, 1.807) is 38.0 Å². The van der Waals surface area contributed by atoms with Gasteiger partial charge in [-0.3, -0.25) is 19.1 Å². The number of piperidine rings is 2. The molecule has 0 radical (unpaired) electrons. The molecule has 0 bridgehead atoms. The van der Waals surface area contributed by atoms with Crippen molar-refractivity contribution in [2.45, 2.75) is 71.1 Å². The minimum atomic E-state index is -3.59. The smallest absolute Gasteiger partial charge is 0.410 e. The van der Waals surface area contributed by atoms with Crippen molar-refractivity contribution < 1.29 is 51.3 Å². The Hall–Kier alpha value is -6.84. The summed E-state index contributed by atoms with van der Waals surface area (Å²) in [4.78, 5) is 51.6. The first kappa shape index (κ1) is 64.3. The largest absolute Gasteiger partial charge is 0.478 e. The lowest BCUT2D eigenvalue weighted by atomic mass is 9.98. The first-order valence-electron chi connectivity index (χ1n) is 25.9. The number of ether oxygens (including phenoxy) is 1. The monoisotopic (exact) mass is 1230 g/mol. The molecule has 4 aromatic heterocycles. The molecule has 3 aromatic carbocycles. The van der Waals surface area contributed by atoms with E-state index >= 15 is 0 Å². The maximum absolute atomic E-state index is 13.7. The van der Waals surface area contributed by atoms with Gasteiger partial charge in [-0.2, -0.15) is 10.2 Å². The Labute approximate surface area is 491 Å². The number of carbonyl (C=O) groups excluding carboxylic acids is 2. The molecule has 2 saturated heterocycles. The number of hydrogen-bond acceptors (Lipinski definition) is 16. The molecule has 2 fully saturated rings. The van der Waals surface area contributed by atoms with Crippen molar-refractivity contribution in [3.05, 3.63) is 146 Å². The van der Waals surface area contributed by atoms with Gasteiger partial charge in [0.05, 0.1) is 71.7 Å². The van der Waals surface area contributed by atoms with Crippen LogP contribution >= 0.6 is 34.8 Å². The average molecular weight is 1230 g/mol. The van der Waals surface area contributed by atoms with Gasteiger partial charge in [-0.15, -0.1) is 0 Å². The van der Waals surface area contributed by atoms with Crippen LogP contribution in [-0.4, -0.2) is 155 Å². The predicted molar refractivity (Wildman–Crippen MR) is 316 cm³/mol. The number of anilines is 3. The summed E-state index contributed by atoms with van der Waals surface area (Å²) in [7, 11) is -3.43. The molecule has 0 spiro atoms. The van der Waals surface area contributed by atoms with E-state index in [9.17, 15) is 36.3 Å². The first-order chi connectivity index (χ1) is 38.9. The molecule has 6 N–H and O–H groups in total. The van der Waals surface area contributed by atoms with Crippen LogP contribution in [0, 0.1) is 13.8 Å². The van der Waals surface area contributed by atoms with Crippen LogP contribution in [0.25, 0.3) is 11.3 Å². The van der Waals surface area contributed by atoms with E-state index in [0.717, 1.165) is 85.2 Å². The fraction of sp³-hybridized carbons (Fsp3) is 0.389. The molecular formula is C54H67Cl3N12O11S2. The number of aromatic carboxylic acids is 1. The van der Waals surface area contributed by atoms with Crippen LogP contribution in [0.1, 0.15) is 99.7 Å². The van der Waals surface area contributed by atoms with Crippen molar-refractivity contribution in [2.24, 2.45) is 0 Å². The van der Waals surface area contributed by atoms with Crippen LogP contribution in [0.4, 0.5) is 22.0 Å². The molecule has 0 aliphatic carbocycles. The van der Waals surface area contributed by atoms with Crippen molar-refractivity contribution in [3.63, 3.8) is 0 Å². The highest BCUT2D eigenvalue weighted by molar-refractivity contribution is 7.92. The van der Waals surface area contributed by atoms with Gasteiger partial charge in [0.15, 0.2) is 11.3 Å². The van der Waals surface area contributed by atoms with Crippen LogP contribution in [-0.2, 0) is 31.4 Å². The number of amides is 2. The van der Waals surface area contributed by atoms with Gasteiger partial charge in [-0.05, 0) is 107 Å². The number of likely N-dealkylation sites (tertiary alicyclic amines) is 2. The summed E-state index contributed by atoms with van der Waals surface area (Å²) in [6, 6.07) is 25.2. The fourth-order valence-electron chi connectivity index (χ4n) is 8.99. The number of carbonyl (C=O) groups is 3. The number of carboxylic acid groups (broad SMARTS) is 1. The number of benzene rings is 3. The molecule has 28 heteroatoms. The van der Waals surface area contributed by atoms with Gasteiger partial charge in [-0.25, -0.2) is 45.4 Å². The molecule has 442 valence electrons. The van der Waals surface area contributed by atoms with Crippen molar-refractivity contribution in [1.29, 1.82) is 0 Å². The van der Waals surface area contributed by atoms with E-state index in [0.29, 0.717) is 47.6 Å². The molecule has 2 aliphatic rings. The van der Waals surface area contributed by atoms with E-state index in [-0.39, 0.29) is 71.4 Å². The number of aliphatic hydroxyl groups is 2. The maximum Gasteiger partial charge on any atom is 0.410 e. The molecule has 0 saturated carbocycles. The Kier molecular flexibility index (Phi) is 23.1. The van der Waals surface area contributed by atoms with Gasteiger partial charge >= 0.3 is 12.1 Å². The SMILES string of the molecule is CNCCO.CS(=O)(=O)Nc1ccc(Cl)cc1C(=O)O.Cc1cc(Cl)nc2cc([C@@H]3CCCCN3C(=O)OCc3ccccc3)nn12.Cc1cc(N(C)CCO)nc2cc([C@@H]3CCCCN3C(=O)c3cc(Cl)ccc3NS(C)(=O)=O)nn12. The highest BCUT2D eigenvalue weighted by Crippen LogP contribution is 2.35. The number of fused-ring (bicyclic) bond motifs is 2. The summed E-state index contributed by atoms with van der Waals surface area (Å²) in [5.41, 5.74) is 5.84. The first-order valence-corrected chi connectivity index (χ1v) is 30.9. The minimum absolute atomic E-state index is 0.00519. The van der Waals surface area contributed by atoms with E-state index in [4.69, 9.17) is 54.9 Å². The Morgan fingerprint density at radius 1 is 0.695 bits per heavy atom. The number of hydrogen-bond donors (Lipinski definition) is 6. The average Bonchev–Trinajstić information content (AvgIpc) is 4.10. The highest BCUT2D eigenvalue weighted by atomic mass is 35.5. The minimum Gasteiger partial charge on any atom is -0.478 e. The molecule has 9 rings (SSSR count). The quantitative estimate of drug-likeness (QED) is 0.0530. The molecule has 2 atom stereocenters. The van der Waals surface area contributed by atoms with Gasteiger partial charge in [0, 0.05) is 72.9 Å². The number of aliphatic hydroxyl groups excluding tert-OH is 2. The van der Waals surface area contributed by atoms with Gasteiger partial charge in [0.25, 0.3) is 5.91 Å². The van der Waals surface area contributed by atoms with Crippen LogP contribution in [0.2, 0.25) is 15.2 Å². The zero-order valence-electron chi connectivity index (χ0n) is 46.1. The zero-order valence-corrected chi connectivity index (χ0v) is 50.0. The Morgan fingerprint density at radius 3 is 1.74 bits per heavy atom. The maximum atomic E-state index is 13.7. The van der Waals surface area contributed by atoms with Crippen molar-refractivity contribution >= 4 is 101 Å². The lowest BCUT2D eigenvalue weighted by Crippen LogP contribution is -2.39. The number of carboxylic acids is 1. The van der Waals surface area contributed by atoms with Crippen LogP contribution in [0.5, 0.6) is 0 Å². The fourth-order valence-corrected chi connectivity index (χ4v) is 10.7. The number of aromatic nitrogens is 6. The standard InChI is InChI=1S/C23H29ClN6O4S.C20H21ClN4O2.C8H8ClNO4S.C3H9NO/c1-15-12-21(28(2)10-11-31)25-22-14-19(26-30(15)22)20-6-4-5-9-29(20)23(32)17-13-16(24)7-8-18(17)27-35(3,33)34;1-14-11-18(21)22-19-12-16(23-25(14)19)17-9-5-6-10-24(17)20(26)27-13-15-7-3-2-4-8-15;1-15(13,14)10-7-3-2-5(9)4-6(7)8(11)12;1-4-2-3-5/h7-8,12-14,20,27,31H,4-6,9-11H2,1-3H3;2-4,7-8,11-12,17H,5-6,9-10,13H2,1H3;2-4,10H,1H3,(H,11,12);4-5H,2-3H2,1H3/t20-;17-;;/m00../s1. The Balaban J connectivity index is 0.000000203.